The van der Waals surface area contributed by atoms with Gasteiger partial charge in [0.1, 0.15) is 0 Å². The first-order chi connectivity index (χ1) is 9.19. The molecule has 6 heteroatoms. The lowest BCUT2D eigenvalue weighted by molar-refractivity contribution is -0.119. The van der Waals surface area contributed by atoms with Crippen LogP contribution in [0.5, 0.6) is 0 Å². The first kappa shape index (κ1) is 13.6. The van der Waals surface area contributed by atoms with Crippen LogP contribution in [0.2, 0.25) is 0 Å². The summed E-state index contributed by atoms with van der Waals surface area (Å²) in [4.78, 5) is 24.3. The number of nitrogens with one attached hydrogen (secondary N) is 2. The molecule has 2 amide bonds. The lowest BCUT2D eigenvalue weighted by Gasteiger charge is -2.08. The molecule has 0 saturated carbocycles. The minimum atomic E-state index is -0.179. The van der Waals surface area contributed by atoms with E-state index in [0.717, 1.165) is 4.88 Å². The molecule has 5 nitrogen and oxygen atoms in total. The summed E-state index contributed by atoms with van der Waals surface area (Å²) in [6, 6.07) is 3.36. The van der Waals surface area contributed by atoms with E-state index in [-0.39, 0.29) is 24.5 Å². The first-order valence-corrected chi connectivity index (χ1v) is 6.78. The van der Waals surface area contributed by atoms with Gasteiger partial charge in [-0.1, -0.05) is 11.8 Å². The molecular formula is C13H14N2O3S. The maximum absolute atomic E-state index is 11.9. The monoisotopic (exact) mass is 278 g/mol. The number of aliphatic hydroxyl groups excluding tert-OH is 1. The van der Waals surface area contributed by atoms with Crippen LogP contribution in [-0.2, 0) is 4.79 Å². The van der Waals surface area contributed by atoms with Gasteiger partial charge in [0.2, 0.25) is 5.91 Å². The van der Waals surface area contributed by atoms with Gasteiger partial charge in [-0.15, -0.1) is 11.3 Å². The van der Waals surface area contributed by atoms with Crippen LogP contribution in [0.15, 0.2) is 12.1 Å². The van der Waals surface area contributed by atoms with Crippen LogP contribution in [-0.4, -0.2) is 36.1 Å². The normalized spacial score (nSPS) is 17.5. The molecule has 0 bridgehead atoms. The van der Waals surface area contributed by atoms with Crippen molar-refractivity contribution in [1.82, 2.24) is 10.6 Å². The van der Waals surface area contributed by atoms with Gasteiger partial charge in [0.25, 0.3) is 5.91 Å². The van der Waals surface area contributed by atoms with Gasteiger partial charge in [0, 0.05) is 19.4 Å². The van der Waals surface area contributed by atoms with Gasteiger partial charge in [0.05, 0.1) is 22.4 Å². The minimum Gasteiger partial charge on any atom is -0.395 e. The second-order valence-corrected chi connectivity index (χ2v) is 5.20. The Kier molecular flexibility index (Phi) is 4.55. The molecule has 1 atom stereocenters. The van der Waals surface area contributed by atoms with Crippen LogP contribution in [0.4, 0.5) is 0 Å². The van der Waals surface area contributed by atoms with Gasteiger partial charge >= 0.3 is 0 Å². The van der Waals surface area contributed by atoms with Crippen molar-refractivity contribution < 1.29 is 14.7 Å². The van der Waals surface area contributed by atoms with Gasteiger partial charge in [-0.3, -0.25) is 9.59 Å². The number of carbonyl (C=O) groups is 2. The van der Waals surface area contributed by atoms with Crippen molar-refractivity contribution in [3.8, 4) is 11.8 Å². The van der Waals surface area contributed by atoms with E-state index in [1.165, 1.54) is 11.3 Å². The van der Waals surface area contributed by atoms with Crippen molar-refractivity contribution >= 4 is 23.2 Å². The molecule has 2 rings (SSSR count). The summed E-state index contributed by atoms with van der Waals surface area (Å²) in [5.74, 6) is 5.48. The van der Waals surface area contributed by atoms with Crippen LogP contribution >= 0.6 is 11.3 Å². The highest BCUT2D eigenvalue weighted by molar-refractivity contribution is 7.14. The fraction of sp³-hybridized carbons (Fsp3) is 0.385. The van der Waals surface area contributed by atoms with Crippen molar-refractivity contribution in [1.29, 1.82) is 0 Å². The summed E-state index contributed by atoms with van der Waals surface area (Å²) >= 11 is 1.30. The van der Waals surface area contributed by atoms with Crippen LogP contribution in [0.3, 0.4) is 0 Å². The quantitative estimate of drug-likeness (QED) is 0.686. The third-order valence-electron chi connectivity index (χ3n) is 2.59. The molecule has 0 aliphatic carbocycles. The number of hydrogen-bond acceptors (Lipinski definition) is 4. The third-order valence-corrected chi connectivity index (χ3v) is 3.59. The van der Waals surface area contributed by atoms with Crippen molar-refractivity contribution in [2.24, 2.45) is 0 Å². The van der Waals surface area contributed by atoms with E-state index < -0.39 is 0 Å². The molecule has 1 unspecified atom stereocenters. The molecule has 2 heterocycles. The van der Waals surface area contributed by atoms with Gasteiger partial charge < -0.3 is 15.7 Å². The Labute approximate surface area is 115 Å². The zero-order valence-electron chi connectivity index (χ0n) is 10.2. The highest BCUT2D eigenvalue weighted by Crippen LogP contribution is 2.16. The van der Waals surface area contributed by atoms with Crippen LogP contribution in [0.1, 0.15) is 27.4 Å². The Bertz CT molecular complexity index is 542. The highest BCUT2D eigenvalue weighted by atomic mass is 32.1. The minimum absolute atomic E-state index is 0.0351. The van der Waals surface area contributed by atoms with E-state index in [9.17, 15) is 9.59 Å². The van der Waals surface area contributed by atoms with Crippen molar-refractivity contribution in [2.45, 2.75) is 18.9 Å². The first-order valence-electron chi connectivity index (χ1n) is 5.96. The Hall–Kier alpha value is -1.84. The predicted octanol–water partition coefficient (Wildman–Crippen LogP) is 0.100. The molecule has 100 valence electrons. The van der Waals surface area contributed by atoms with E-state index in [1.54, 1.807) is 12.1 Å². The summed E-state index contributed by atoms with van der Waals surface area (Å²) in [6.45, 7) is 0.521. The molecule has 1 fully saturated rings. The molecule has 3 N–H and O–H groups in total. The maximum atomic E-state index is 11.9. The summed E-state index contributed by atoms with van der Waals surface area (Å²) in [7, 11) is 0. The fourth-order valence-electron chi connectivity index (χ4n) is 1.70. The van der Waals surface area contributed by atoms with E-state index in [4.69, 9.17) is 5.11 Å². The Morgan fingerprint density at radius 2 is 2.42 bits per heavy atom. The summed E-state index contributed by atoms with van der Waals surface area (Å²) in [5, 5.41) is 14.1. The smallest absolute Gasteiger partial charge is 0.261 e. The van der Waals surface area contributed by atoms with Gasteiger partial charge in [-0.25, -0.2) is 0 Å². The van der Waals surface area contributed by atoms with Gasteiger partial charge in [-0.05, 0) is 12.1 Å². The molecule has 1 aliphatic rings. The van der Waals surface area contributed by atoms with Gasteiger partial charge in [-0.2, -0.15) is 0 Å². The Morgan fingerprint density at radius 1 is 1.58 bits per heavy atom. The standard InChI is InChI=1S/C13H14N2O3S/c16-6-2-1-3-10-4-5-11(19-10)13(18)15-9-7-12(17)14-8-9/h4-5,9,16H,2,6-8H2,(H,14,17)(H,15,18). The molecule has 1 aliphatic heterocycles. The number of rotatable bonds is 3. The molecule has 1 aromatic rings. The van der Waals surface area contributed by atoms with Gasteiger partial charge in [0.15, 0.2) is 0 Å². The van der Waals surface area contributed by atoms with Crippen molar-refractivity contribution in [3.63, 3.8) is 0 Å². The van der Waals surface area contributed by atoms with Crippen LogP contribution in [0.25, 0.3) is 0 Å². The summed E-state index contributed by atoms with van der Waals surface area (Å²) in [6.07, 6.45) is 0.759. The fourth-order valence-corrected chi connectivity index (χ4v) is 2.48. The Balaban J connectivity index is 1.93. The summed E-state index contributed by atoms with van der Waals surface area (Å²) in [5.41, 5.74) is 0. The molecule has 1 saturated heterocycles. The van der Waals surface area contributed by atoms with Crippen LogP contribution in [0, 0.1) is 11.8 Å². The lowest BCUT2D eigenvalue weighted by Crippen LogP contribution is -2.35. The van der Waals surface area contributed by atoms with E-state index in [2.05, 4.69) is 22.5 Å². The number of aliphatic hydroxyl groups is 1. The summed E-state index contributed by atoms with van der Waals surface area (Å²) < 4.78 is 0. The van der Waals surface area contributed by atoms with E-state index in [1.807, 2.05) is 0 Å². The molecule has 1 aromatic heterocycles. The number of carbonyl (C=O) groups excluding carboxylic acids is 2. The predicted molar refractivity (Wildman–Crippen MR) is 71.8 cm³/mol. The highest BCUT2D eigenvalue weighted by Gasteiger charge is 2.23. The molecule has 0 spiro atoms. The average molecular weight is 278 g/mol. The zero-order chi connectivity index (χ0) is 13.7. The molecule has 0 radical (unpaired) electrons. The largest absolute Gasteiger partial charge is 0.395 e. The number of hydrogen-bond donors (Lipinski definition) is 3. The molecule has 0 aromatic carbocycles. The number of thiophene rings is 1. The molecule has 19 heavy (non-hydrogen) atoms. The third kappa shape index (κ3) is 3.81. The van der Waals surface area contributed by atoms with E-state index in [0.29, 0.717) is 24.3 Å². The van der Waals surface area contributed by atoms with Crippen molar-refractivity contribution in [2.75, 3.05) is 13.2 Å². The topological polar surface area (TPSA) is 78.4 Å². The number of amides is 2. The SMILES string of the molecule is O=C1CC(NC(=O)c2ccc(C#CCCO)s2)CN1. The second-order valence-electron chi connectivity index (χ2n) is 4.12. The Morgan fingerprint density at radius 3 is 3.11 bits per heavy atom. The van der Waals surface area contributed by atoms with Crippen molar-refractivity contribution in [3.05, 3.63) is 21.9 Å². The molecular weight excluding hydrogens is 264 g/mol. The zero-order valence-corrected chi connectivity index (χ0v) is 11.0. The average Bonchev–Trinajstić information content (AvgIpc) is 2.99. The maximum Gasteiger partial charge on any atom is 0.261 e. The lowest BCUT2D eigenvalue weighted by atomic mass is 10.2. The van der Waals surface area contributed by atoms with Crippen LogP contribution < -0.4 is 10.6 Å². The second kappa shape index (κ2) is 6.36. The van der Waals surface area contributed by atoms with E-state index >= 15 is 0 Å².